The molecule has 2 aromatic rings. The van der Waals surface area contributed by atoms with Gasteiger partial charge in [0.05, 0.1) is 0 Å². The van der Waals surface area contributed by atoms with Crippen molar-refractivity contribution in [3.63, 3.8) is 0 Å². The minimum absolute atomic E-state index is 0.0274. The fourth-order valence-electron chi connectivity index (χ4n) is 1.61. The minimum Gasteiger partial charge on any atom is -0.328 e. The number of rotatable bonds is 2. The van der Waals surface area contributed by atoms with Crippen LogP contribution >= 0.6 is 0 Å². The Morgan fingerprint density at radius 3 is 2.71 bits per heavy atom. The van der Waals surface area contributed by atoms with Crippen molar-refractivity contribution in [2.45, 2.75) is 6.54 Å². The normalized spacial score (nSPS) is 10.6. The lowest BCUT2D eigenvalue weighted by atomic mass is 10.1. The highest BCUT2D eigenvalue weighted by Gasteiger charge is 2.01. The molecule has 0 radical (unpaired) electrons. The van der Waals surface area contributed by atoms with Gasteiger partial charge >= 0.3 is 0 Å². The van der Waals surface area contributed by atoms with E-state index in [-0.39, 0.29) is 5.56 Å². The molecule has 0 bridgehead atoms. The van der Waals surface area contributed by atoms with Crippen LogP contribution in [0.2, 0.25) is 0 Å². The number of aromatic nitrogens is 1. The Hall–Kier alpha value is -1.61. The van der Waals surface area contributed by atoms with Crippen LogP contribution in [-0.4, -0.2) is 12.0 Å². The average Bonchev–Trinajstić information content (AvgIpc) is 2.23. The summed E-state index contributed by atoms with van der Waals surface area (Å²) in [4.78, 5) is 14.2. The van der Waals surface area contributed by atoms with Crippen LogP contribution in [0.25, 0.3) is 10.8 Å². The van der Waals surface area contributed by atoms with Crippen molar-refractivity contribution in [3.8, 4) is 0 Å². The van der Waals surface area contributed by atoms with Gasteiger partial charge in [0.25, 0.3) is 5.56 Å². The van der Waals surface area contributed by atoms with Crippen LogP contribution in [0.1, 0.15) is 5.56 Å². The maximum atomic E-state index is 11.5. The number of H-pyrrole nitrogens is 1. The van der Waals surface area contributed by atoms with Crippen LogP contribution in [0.5, 0.6) is 0 Å². The molecule has 0 aliphatic carbocycles. The van der Waals surface area contributed by atoms with E-state index in [1.54, 1.807) is 6.20 Å². The highest BCUT2D eigenvalue weighted by Crippen LogP contribution is 2.13. The summed E-state index contributed by atoms with van der Waals surface area (Å²) in [7, 11) is 1.89. The molecule has 0 amide bonds. The van der Waals surface area contributed by atoms with E-state index in [9.17, 15) is 4.79 Å². The highest BCUT2D eigenvalue weighted by atomic mass is 16.1. The van der Waals surface area contributed by atoms with Gasteiger partial charge in [-0.05, 0) is 24.1 Å². The molecule has 2 rings (SSSR count). The van der Waals surface area contributed by atoms with E-state index >= 15 is 0 Å². The largest absolute Gasteiger partial charge is 0.328 e. The number of aromatic amines is 1. The van der Waals surface area contributed by atoms with Crippen LogP contribution in [0.4, 0.5) is 0 Å². The lowest BCUT2D eigenvalue weighted by Gasteiger charge is -2.04. The first-order valence-electron chi connectivity index (χ1n) is 4.57. The summed E-state index contributed by atoms with van der Waals surface area (Å²) in [6.07, 6.45) is 1.77. The molecule has 2 N–H and O–H groups in total. The van der Waals surface area contributed by atoms with Gasteiger partial charge in [-0.25, -0.2) is 0 Å². The van der Waals surface area contributed by atoms with Gasteiger partial charge in [-0.3, -0.25) is 4.79 Å². The van der Waals surface area contributed by atoms with Crippen LogP contribution in [0.3, 0.4) is 0 Å². The molecule has 14 heavy (non-hydrogen) atoms. The number of fused-ring (bicyclic) bond motifs is 1. The smallest absolute Gasteiger partial charge is 0.255 e. The second kappa shape index (κ2) is 3.64. The molecule has 0 unspecified atom stereocenters. The third-order valence-electron chi connectivity index (χ3n) is 2.26. The van der Waals surface area contributed by atoms with Crippen LogP contribution in [-0.2, 0) is 6.54 Å². The van der Waals surface area contributed by atoms with Crippen molar-refractivity contribution in [3.05, 3.63) is 46.4 Å². The number of hydrogen-bond acceptors (Lipinski definition) is 2. The fourth-order valence-corrected chi connectivity index (χ4v) is 1.61. The van der Waals surface area contributed by atoms with Gasteiger partial charge < -0.3 is 10.3 Å². The Labute approximate surface area is 81.8 Å². The van der Waals surface area contributed by atoms with Crippen LogP contribution in [0.15, 0.2) is 35.3 Å². The molecule has 72 valence electrons. The van der Waals surface area contributed by atoms with Gasteiger partial charge in [0.2, 0.25) is 0 Å². The van der Waals surface area contributed by atoms with Crippen molar-refractivity contribution in [1.29, 1.82) is 0 Å². The van der Waals surface area contributed by atoms with Crippen molar-refractivity contribution in [2.75, 3.05) is 7.05 Å². The predicted octanol–water partition coefficient (Wildman–Crippen LogP) is 1.25. The molecule has 0 atom stereocenters. The topological polar surface area (TPSA) is 44.9 Å². The number of hydrogen-bond donors (Lipinski definition) is 2. The lowest BCUT2D eigenvalue weighted by Crippen LogP contribution is -2.11. The van der Waals surface area contributed by atoms with Crippen molar-refractivity contribution >= 4 is 10.8 Å². The maximum Gasteiger partial charge on any atom is 0.255 e. The number of nitrogens with one attached hydrogen (secondary N) is 2. The number of pyridine rings is 1. The van der Waals surface area contributed by atoms with E-state index in [0.717, 1.165) is 22.9 Å². The molecule has 1 aromatic heterocycles. The Morgan fingerprint density at radius 2 is 2.00 bits per heavy atom. The summed E-state index contributed by atoms with van der Waals surface area (Å²) in [5.41, 5.74) is 1.09. The maximum absolute atomic E-state index is 11.5. The average molecular weight is 188 g/mol. The van der Waals surface area contributed by atoms with Gasteiger partial charge in [0.1, 0.15) is 0 Å². The fraction of sp³-hybridized carbons (Fsp3) is 0.182. The highest BCUT2D eigenvalue weighted by molar-refractivity contribution is 5.84. The molecule has 3 heteroatoms. The van der Waals surface area contributed by atoms with E-state index < -0.39 is 0 Å². The minimum atomic E-state index is -0.0274. The molecule has 0 fully saturated rings. The summed E-state index contributed by atoms with van der Waals surface area (Å²) in [5, 5.41) is 4.84. The van der Waals surface area contributed by atoms with Gasteiger partial charge in [0, 0.05) is 18.1 Å². The van der Waals surface area contributed by atoms with E-state index in [1.807, 2.05) is 31.3 Å². The van der Waals surface area contributed by atoms with Crippen molar-refractivity contribution in [1.82, 2.24) is 10.3 Å². The zero-order valence-corrected chi connectivity index (χ0v) is 8.00. The Bertz CT molecular complexity index is 502. The molecule has 1 aromatic carbocycles. The summed E-state index contributed by atoms with van der Waals surface area (Å²) in [5.74, 6) is 0. The van der Waals surface area contributed by atoms with E-state index in [4.69, 9.17) is 0 Å². The molecule has 1 heterocycles. The summed E-state index contributed by atoms with van der Waals surface area (Å²) < 4.78 is 0. The van der Waals surface area contributed by atoms with Crippen molar-refractivity contribution < 1.29 is 0 Å². The summed E-state index contributed by atoms with van der Waals surface area (Å²) in [6, 6.07) is 7.63. The quantitative estimate of drug-likeness (QED) is 0.745. The molecule has 0 saturated heterocycles. The molecule has 0 aliphatic rings. The van der Waals surface area contributed by atoms with Crippen LogP contribution < -0.4 is 10.9 Å². The van der Waals surface area contributed by atoms with Gasteiger partial charge in [-0.15, -0.1) is 0 Å². The molecule has 3 nitrogen and oxygen atoms in total. The SMILES string of the molecule is CNCc1c[nH]c(=O)c2ccccc12. The first-order chi connectivity index (χ1) is 6.83. The van der Waals surface area contributed by atoms with Crippen molar-refractivity contribution in [2.24, 2.45) is 0 Å². The van der Waals surface area contributed by atoms with E-state index in [1.165, 1.54) is 0 Å². The summed E-state index contributed by atoms with van der Waals surface area (Å²) >= 11 is 0. The molecule has 0 aliphatic heterocycles. The number of benzene rings is 1. The van der Waals surface area contributed by atoms with Gasteiger partial charge in [0.15, 0.2) is 0 Å². The molecular formula is C11H12N2O. The second-order valence-electron chi connectivity index (χ2n) is 3.22. The Morgan fingerprint density at radius 1 is 1.29 bits per heavy atom. The van der Waals surface area contributed by atoms with Gasteiger partial charge in [-0.1, -0.05) is 18.2 Å². The zero-order valence-electron chi connectivity index (χ0n) is 8.00. The summed E-state index contributed by atoms with van der Waals surface area (Å²) in [6.45, 7) is 0.761. The second-order valence-corrected chi connectivity index (χ2v) is 3.22. The first kappa shape index (κ1) is 8.97. The standard InChI is InChI=1S/C11H12N2O/c1-12-6-8-7-13-11(14)10-5-3-2-4-9(8)10/h2-5,7,12H,6H2,1H3,(H,13,14). The molecular weight excluding hydrogens is 176 g/mol. The Kier molecular flexibility index (Phi) is 2.33. The van der Waals surface area contributed by atoms with Crippen LogP contribution in [0, 0.1) is 0 Å². The lowest BCUT2D eigenvalue weighted by molar-refractivity contribution is 0.819. The first-order valence-corrected chi connectivity index (χ1v) is 4.57. The zero-order chi connectivity index (χ0) is 9.97. The Balaban J connectivity index is 2.75. The predicted molar refractivity (Wildman–Crippen MR) is 57.3 cm³/mol. The van der Waals surface area contributed by atoms with Gasteiger partial charge in [-0.2, -0.15) is 0 Å². The third kappa shape index (κ3) is 1.42. The molecule has 0 saturated carbocycles. The third-order valence-corrected chi connectivity index (χ3v) is 2.26. The van der Waals surface area contributed by atoms with E-state index in [0.29, 0.717) is 0 Å². The van der Waals surface area contributed by atoms with E-state index in [2.05, 4.69) is 10.3 Å². The molecule has 0 spiro atoms. The monoisotopic (exact) mass is 188 g/mol.